The van der Waals surface area contributed by atoms with Crippen molar-refractivity contribution in [1.29, 1.82) is 0 Å². The Kier molecular flexibility index (Phi) is 6.30. The van der Waals surface area contributed by atoms with E-state index in [9.17, 15) is 4.79 Å². The minimum Gasteiger partial charge on any atom is -0.399 e. The Morgan fingerprint density at radius 1 is 1.25 bits per heavy atom. The van der Waals surface area contributed by atoms with Crippen molar-refractivity contribution in [1.82, 2.24) is 9.80 Å². The number of hydrogen-bond acceptors (Lipinski definition) is 3. The van der Waals surface area contributed by atoms with Crippen LogP contribution in [0.4, 0.5) is 5.69 Å². The molecule has 0 atom stereocenters. The molecular formula is C15H24ClN3O. The summed E-state index contributed by atoms with van der Waals surface area (Å²) in [7, 11) is 0. The molecule has 1 aromatic carbocycles. The molecule has 5 heteroatoms. The van der Waals surface area contributed by atoms with Gasteiger partial charge in [0, 0.05) is 44.3 Å². The SMILES string of the molecule is CC(C)C(=O)N1CCN(Cc2cccc(N)c2)CC1.Cl. The molecule has 2 rings (SSSR count). The molecule has 1 aliphatic rings. The van der Waals surface area contributed by atoms with Crippen LogP contribution in [0, 0.1) is 5.92 Å². The van der Waals surface area contributed by atoms with Crippen molar-refractivity contribution in [3.8, 4) is 0 Å². The zero-order valence-electron chi connectivity index (χ0n) is 12.2. The molecule has 0 aliphatic carbocycles. The molecule has 0 spiro atoms. The van der Waals surface area contributed by atoms with Gasteiger partial charge in [0.2, 0.25) is 5.91 Å². The zero-order chi connectivity index (χ0) is 13.8. The maximum Gasteiger partial charge on any atom is 0.225 e. The predicted octanol–water partition coefficient (Wildman–Crippen LogP) is 1.99. The number of nitrogens with two attached hydrogens (primary N) is 1. The van der Waals surface area contributed by atoms with Crippen LogP contribution in [0.3, 0.4) is 0 Å². The quantitative estimate of drug-likeness (QED) is 0.868. The van der Waals surface area contributed by atoms with E-state index in [0.717, 1.165) is 38.4 Å². The molecule has 1 aliphatic heterocycles. The summed E-state index contributed by atoms with van der Waals surface area (Å²) in [6.07, 6.45) is 0. The van der Waals surface area contributed by atoms with Crippen LogP contribution >= 0.6 is 12.4 Å². The predicted molar refractivity (Wildman–Crippen MR) is 84.8 cm³/mol. The van der Waals surface area contributed by atoms with Gasteiger partial charge < -0.3 is 10.6 Å². The number of nitrogens with zero attached hydrogens (tertiary/aromatic N) is 2. The maximum atomic E-state index is 11.9. The highest BCUT2D eigenvalue weighted by atomic mass is 35.5. The Bertz CT molecular complexity index is 442. The summed E-state index contributed by atoms with van der Waals surface area (Å²) in [4.78, 5) is 16.2. The number of carbonyl (C=O) groups is 1. The molecule has 0 saturated carbocycles. The average Bonchev–Trinajstić information content (AvgIpc) is 2.39. The van der Waals surface area contributed by atoms with E-state index in [1.54, 1.807) is 0 Å². The minimum atomic E-state index is 0. The normalized spacial score (nSPS) is 16.1. The van der Waals surface area contributed by atoms with Crippen molar-refractivity contribution in [2.75, 3.05) is 31.9 Å². The Labute approximate surface area is 127 Å². The molecule has 112 valence electrons. The maximum absolute atomic E-state index is 11.9. The third kappa shape index (κ3) is 4.39. The summed E-state index contributed by atoms with van der Waals surface area (Å²) < 4.78 is 0. The highest BCUT2D eigenvalue weighted by Crippen LogP contribution is 2.12. The second-order valence-corrected chi connectivity index (χ2v) is 5.50. The Balaban J connectivity index is 0.00000200. The molecule has 1 amide bonds. The van der Waals surface area contributed by atoms with Crippen LogP contribution in [0.5, 0.6) is 0 Å². The summed E-state index contributed by atoms with van der Waals surface area (Å²) in [6, 6.07) is 8.01. The lowest BCUT2D eigenvalue weighted by Crippen LogP contribution is -2.49. The summed E-state index contributed by atoms with van der Waals surface area (Å²) in [5.41, 5.74) is 7.84. The highest BCUT2D eigenvalue weighted by Gasteiger charge is 2.22. The van der Waals surface area contributed by atoms with Gasteiger partial charge in [-0.3, -0.25) is 9.69 Å². The van der Waals surface area contributed by atoms with E-state index in [1.165, 1.54) is 5.56 Å². The first kappa shape index (κ1) is 16.8. The second-order valence-electron chi connectivity index (χ2n) is 5.50. The number of carbonyl (C=O) groups excluding carboxylic acids is 1. The van der Waals surface area contributed by atoms with Crippen LogP contribution in [0.1, 0.15) is 19.4 Å². The van der Waals surface area contributed by atoms with Gasteiger partial charge in [-0.05, 0) is 17.7 Å². The standard InChI is InChI=1S/C15H23N3O.ClH/c1-12(2)15(19)18-8-6-17(7-9-18)11-13-4-3-5-14(16)10-13;/h3-5,10,12H,6-9,11,16H2,1-2H3;1H. The third-order valence-corrected chi connectivity index (χ3v) is 3.54. The van der Waals surface area contributed by atoms with E-state index in [2.05, 4.69) is 11.0 Å². The Morgan fingerprint density at radius 2 is 1.90 bits per heavy atom. The number of piperazine rings is 1. The number of amides is 1. The van der Waals surface area contributed by atoms with E-state index in [4.69, 9.17) is 5.73 Å². The van der Waals surface area contributed by atoms with Crippen LogP contribution in [-0.4, -0.2) is 41.9 Å². The van der Waals surface area contributed by atoms with Crippen LogP contribution in [-0.2, 0) is 11.3 Å². The number of hydrogen-bond donors (Lipinski definition) is 1. The van der Waals surface area contributed by atoms with Gasteiger partial charge >= 0.3 is 0 Å². The molecule has 20 heavy (non-hydrogen) atoms. The number of anilines is 1. The molecule has 0 radical (unpaired) electrons. The van der Waals surface area contributed by atoms with Gasteiger partial charge in [0.1, 0.15) is 0 Å². The first-order valence-corrected chi connectivity index (χ1v) is 6.92. The molecular weight excluding hydrogens is 274 g/mol. The van der Waals surface area contributed by atoms with Gasteiger partial charge in [0.05, 0.1) is 0 Å². The second kappa shape index (κ2) is 7.50. The van der Waals surface area contributed by atoms with Crippen molar-refractivity contribution >= 4 is 24.0 Å². The molecule has 4 nitrogen and oxygen atoms in total. The number of benzene rings is 1. The number of nitrogen functional groups attached to an aromatic ring is 1. The van der Waals surface area contributed by atoms with E-state index in [0.29, 0.717) is 0 Å². The summed E-state index contributed by atoms with van der Waals surface area (Å²) in [6.45, 7) is 8.37. The molecule has 1 saturated heterocycles. The average molecular weight is 298 g/mol. The smallest absolute Gasteiger partial charge is 0.225 e. The fraction of sp³-hybridized carbons (Fsp3) is 0.533. The topological polar surface area (TPSA) is 49.6 Å². The number of rotatable bonds is 3. The Morgan fingerprint density at radius 3 is 2.45 bits per heavy atom. The van der Waals surface area contributed by atoms with Gasteiger partial charge in [0.25, 0.3) is 0 Å². The third-order valence-electron chi connectivity index (χ3n) is 3.54. The molecule has 1 heterocycles. The summed E-state index contributed by atoms with van der Waals surface area (Å²) >= 11 is 0. The highest BCUT2D eigenvalue weighted by molar-refractivity contribution is 5.85. The molecule has 2 N–H and O–H groups in total. The van der Waals surface area contributed by atoms with Gasteiger partial charge in [-0.1, -0.05) is 26.0 Å². The van der Waals surface area contributed by atoms with E-state index >= 15 is 0 Å². The van der Waals surface area contributed by atoms with Gasteiger partial charge in [0.15, 0.2) is 0 Å². The number of halogens is 1. The molecule has 0 bridgehead atoms. The zero-order valence-corrected chi connectivity index (χ0v) is 13.0. The van der Waals surface area contributed by atoms with Crippen molar-refractivity contribution in [2.45, 2.75) is 20.4 Å². The van der Waals surface area contributed by atoms with Crippen molar-refractivity contribution in [3.05, 3.63) is 29.8 Å². The lowest BCUT2D eigenvalue weighted by molar-refractivity contribution is -0.136. The van der Waals surface area contributed by atoms with Crippen LogP contribution in [0.2, 0.25) is 0 Å². The molecule has 1 fully saturated rings. The monoisotopic (exact) mass is 297 g/mol. The van der Waals surface area contributed by atoms with Crippen molar-refractivity contribution in [3.63, 3.8) is 0 Å². The van der Waals surface area contributed by atoms with Crippen LogP contribution < -0.4 is 5.73 Å². The fourth-order valence-electron chi connectivity index (χ4n) is 2.44. The van der Waals surface area contributed by atoms with Gasteiger partial charge in [-0.25, -0.2) is 0 Å². The Hall–Kier alpha value is -1.26. The summed E-state index contributed by atoms with van der Waals surface area (Å²) in [5, 5.41) is 0. The summed E-state index contributed by atoms with van der Waals surface area (Å²) in [5.74, 6) is 0.365. The van der Waals surface area contributed by atoms with Crippen molar-refractivity contribution < 1.29 is 4.79 Å². The molecule has 0 aromatic heterocycles. The van der Waals surface area contributed by atoms with Crippen molar-refractivity contribution in [2.24, 2.45) is 5.92 Å². The molecule has 1 aromatic rings. The lowest BCUT2D eigenvalue weighted by Gasteiger charge is -2.35. The van der Waals surface area contributed by atoms with E-state index < -0.39 is 0 Å². The largest absolute Gasteiger partial charge is 0.399 e. The minimum absolute atomic E-state index is 0. The van der Waals surface area contributed by atoms with Gasteiger partial charge in [-0.15, -0.1) is 12.4 Å². The molecule has 0 unspecified atom stereocenters. The first-order chi connectivity index (χ1) is 9.06. The first-order valence-electron chi connectivity index (χ1n) is 6.92. The lowest BCUT2D eigenvalue weighted by atomic mass is 10.1. The van der Waals surface area contributed by atoms with Crippen LogP contribution in [0.15, 0.2) is 24.3 Å². The van der Waals surface area contributed by atoms with E-state index in [1.807, 2.05) is 36.9 Å². The fourth-order valence-corrected chi connectivity index (χ4v) is 2.44. The van der Waals surface area contributed by atoms with E-state index in [-0.39, 0.29) is 24.2 Å². The van der Waals surface area contributed by atoms with Crippen LogP contribution in [0.25, 0.3) is 0 Å². The van der Waals surface area contributed by atoms with Gasteiger partial charge in [-0.2, -0.15) is 0 Å².